The number of hydrogen-bond donors (Lipinski definition) is 1. The number of nitrogens with zero attached hydrogens (tertiary/aromatic N) is 2. The molecule has 11 heteroatoms. The van der Waals surface area contributed by atoms with Crippen molar-refractivity contribution < 1.29 is 22.4 Å². The Balaban J connectivity index is 1.80. The summed E-state index contributed by atoms with van der Waals surface area (Å²) in [5.74, 6) is -1.57. The van der Waals surface area contributed by atoms with Crippen LogP contribution in [0.2, 0.25) is 10.0 Å². The van der Waals surface area contributed by atoms with Gasteiger partial charge in [-0.25, -0.2) is 12.8 Å². The second-order valence-electron chi connectivity index (χ2n) is 9.42. The number of carbonyl (C=O) groups excluding carboxylic acids is 2. The van der Waals surface area contributed by atoms with E-state index in [4.69, 9.17) is 23.2 Å². The first-order valence-corrected chi connectivity index (χ1v) is 15.1. The van der Waals surface area contributed by atoms with Crippen LogP contribution in [-0.4, -0.2) is 44.8 Å². The number of sulfonamides is 1. The van der Waals surface area contributed by atoms with Gasteiger partial charge in [0.05, 0.1) is 10.6 Å². The van der Waals surface area contributed by atoms with E-state index in [9.17, 15) is 22.4 Å². The number of amides is 2. The zero-order chi connectivity index (χ0) is 30.3. The molecule has 4 aromatic carbocycles. The quantitative estimate of drug-likeness (QED) is 0.231. The fourth-order valence-corrected chi connectivity index (χ4v) is 6.37. The molecule has 7 nitrogen and oxygen atoms in total. The third kappa shape index (κ3) is 7.67. The Kier molecular flexibility index (Phi) is 10.2. The lowest BCUT2D eigenvalue weighted by Gasteiger charge is -2.33. The van der Waals surface area contributed by atoms with Crippen LogP contribution in [0.3, 0.4) is 0 Å². The van der Waals surface area contributed by atoms with Crippen molar-refractivity contribution in [1.82, 2.24) is 10.2 Å². The van der Waals surface area contributed by atoms with Crippen molar-refractivity contribution in [2.24, 2.45) is 0 Å². The van der Waals surface area contributed by atoms with Crippen molar-refractivity contribution in [2.45, 2.75) is 23.9 Å². The fourth-order valence-electron chi connectivity index (χ4n) is 4.44. The molecule has 0 spiro atoms. The molecule has 0 heterocycles. The van der Waals surface area contributed by atoms with Gasteiger partial charge in [-0.05, 0) is 53.6 Å². The van der Waals surface area contributed by atoms with Crippen LogP contribution in [0.1, 0.15) is 11.1 Å². The molecule has 0 saturated carbocycles. The van der Waals surface area contributed by atoms with Crippen molar-refractivity contribution in [3.8, 4) is 0 Å². The van der Waals surface area contributed by atoms with Crippen molar-refractivity contribution in [3.05, 3.63) is 130 Å². The van der Waals surface area contributed by atoms with Crippen LogP contribution >= 0.6 is 23.2 Å². The van der Waals surface area contributed by atoms with Crippen LogP contribution in [0, 0.1) is 5.82 Å². The van der Waals surface area contributed by atoms with Gasteiger partial charge in [-0.2, -0.15) is 0 Å². The lowest BCUT2D eigenvalue weighted by molar-refractivity contribution is -0.139. The van der Waals surface area contributed by atoms with E-state index in [1.807, 2.05) is 30.3 Å². The number of likely N-dealkylation sites (N-methyl/N-ethyl adjacent to an activating group) is 1. The van der Waals surface area contributed by atoms with Gasteiger partial charge in [0.1, 0.15) is 18.4 Å². The summed E-state index contributed by atoms with van der Waals surface area (Å²) in [5.41, 5.74) is 1.42. The molecular formula is C31H28Cl2FN3O4S. The lowest BCUT2D eigenvalue weighted by atomic mass is 10.0. The predicted octanol–water partition coefficient (Wildman–Crippen LogP) is 5.71. The molecular weight excluding hydrogens is 600 g/mol. The summed E-state index contributed by atoms with van der Waals surface area (Å²) in [6.07, 6.45) is 0.155. The number of rotatable bonds is 11. The van der Waals surface area contributed by atoms with E-state index < -0.39 is 40.2 Å². The van der Waals surface area contributed by atoms with E-state index >= 15 is 0 Å². The van der Waals surface area contributed by atoms with Gasteiger partial charge in [0.25, 0.3) is 10.0 Å². The third-order valence-corrected chi connectivity index (χ3v) is 8.75. The van der Waals surface area contributed by atoms with Gasteiger partial charge in [0, 0.05) is 30.1 Å². The van der Waals surface area contributed by atoms with Crippen LogP contribution < -0.4 is 9.62 Å². The molecule has 1 N–H and O–H groups in total. The van der Waals surface area contributed by atoms with E-state index in [0.717, 1.165) is 9.87 Å². The minimum atomic E-state index is -4.29. The summed E-state index contributed by atoms with van der Waals surface area (Å²) in [6.45, 7) is -0.753. The highest BCUT2D eigenvalue weighted by molar-refractivity contribution is 7.92. The molecule has 0 aliphatic carbocycles. The summed E-state index contributed by atoms with van der Waals surface area (Å²) in [5, 5.41) is 2.96. The van der Waals surface area contributed by atoms with Crippen LogP contribution in [0.25, 0.3) is 0 Å². The van der Waals surface area contributed by atoms with Gasteiger partial charge in [-0.1, -0.05) is 83.9 Å². The summed E-state index contributed by atoms with van der Waals surface area (Å²) >= 11 is 12.5. The van der Waals surface area contributed by atoms with Gasteiger partial charge in [-0.3, -0.25) is 13.9 Å². The lowest BCUT2D eigenvalue weighted by Crippen LogP contribution is -2.53. The number of halogens is 3. The topological polar surface area (TPSA) is 86.8 Å². The van der Waals surface area contributed by atoms with Gasteiger partial charge < -0.3 is 10.2 Å². The average molecular weight is 629 g/mol. The molecule has 0 aliphatic rings. The number of nitrogens with one attached hydrogen (secondary N) is 1. The summed E-state index contributed by atoms with van der Waals surface area (Å²) in [7, 11) is -2.83. The maximum absolute atomic E-state index is 14.2. The van der Waals surface area contributed by atoms with Gasteiger partial charge in [0.15, 0.2) is 0 Å². The zero-order valence-electron chi connectivity index (χ0n) is 22.6. The highest BCUT2D eigenvalue weighted by Gasteiger charge is 2.34. The predicted molar refractivity (Wildman–Crippen MR) is 162 cm³/mol. The van der Waals surface area contributed by atoms with Crippen molar-refractivity contribution in [3.63, 3.8) is 0 Å². The second-order valence-corrected chi connectivity index (χ2v) is 12.2. The Morgan fingerprint density at radius 1 is 0.833 bits per heavy atom. The molecule has 0 aromatic heterocycles. The Bertz CT molecular complexity index is 1620. The zero-order valence-corrected chi connectivity index (χ0v) is 24.9. The van der Waals surface area contributed by atoms with Crippen molar-refractivity contribution in [2.75, 3.05) is 17.9 Å². The fraction of sp³-hybridized carbons (Fsp3) is 0.161. The summed E-state index contributed by atoms with van der Waals surface area (Å²) < 4.78 is 42.4. The Morgan fingerprint density at radius 2 is 1.40 bits per heavy atom. The van der Waals surface area contributed by atoms with Crippen molar-refractivity contribution in [1.29, 1.82) is 0 Å². The Hall–Kier alpha value is -3.92. The second kappa shape index (κ2) is 13.8. The van der Waals surface area contributed by atoms with E-state index in [0.29, 0.717) is 5.56 Å². The smallest absolute Gasteiger partial charge is 0.264 e. The molecule has 218 valence electrons. The van der Waals surface area contributed by atoms with E-state index in [1.165, 1.54) is 66.5 Å². The molecule has 0 fully saturated rings. The SMILES string of the molecule is CNC(=O)C(Cc1ccccc1)N(Cc1ccc(F)cc1)C(=O)CN(c1cc(Cl)cc(Cl)c1)S(=O)(=O)c1ccccc1. The molecule has 0 saturated heterocycles. The maximum atomic E-state index is 14.2. The number of carbonyl (C=O) groups is 2. The number of benzene rings is 4. The van der Waals surface area contributed by atoms with Crippen LogP contribution in [0.5, 0.6) is 0 Å². The molecule has 0 bridgehead atoms. The van der Waals surface area contributed by atoms with Crippen LogP contribution in [-0.2, 0) is 32.6 Å². The summed E-state index contributed by atoms with van der Waals surface area (Å²) in [4.78, 5) is 28.7. The monoisotopic (exact) mass is 627 g/mol. The average Bonchev–Trinajstić information content (AvgIpc) is 2.98. The van der Waals surface area contributed by atoms with E-state index in [-0.39, 0.29) is 33.6 Å². The van der Waals surface area contributed by atoms with E-state index in [1.54, 1.807) is 18.2 Å². The minimum absolute atomic E-state index is 0.0499. The normalized spacial score (nSPS) is 11.9. The Morgan fingerprint density at radius 3 is 1.98 bits per heavy atom. The molecule has 42 heavy (non-hydrogen) atoms. The first kappa shape index (κ1) is 31.0. The maximum Gasteiger partial charge on any atom is 0.264 e. The molecule has 2 amide bonds. The molecule has 1 unspecified atom stereocenters. The largest absolute Gasteiger partial charge is 0.357 e. The molecule has 4 aromatic rings. The number of anilines is 1. The molecule has 0 radical (unpaired) electrons. The van der Waals surface area contributed by atoms with Gasteiger partial charge in [0.2, 0.25) is 11.8 Å². The highest BCUT2D eigenvalue weighted by atomic mass is 35.5. The van der Waals surface area contributed by atoms with E-state index in [2.05, 4.69) is 5.32 Å². The van der Waals surface area contributed by atoms with Crippen LogP contribution in [0.15, 0.2) is 108 Å². The highest BCUT2D eigenvalue weighted by Crippen LogP contribution is 2.30. The molecule has 4 rings (SSSR count). The summed E-state index contributed by atoms with van der Waals surface area (Å²) in [6, 6.07) is 25.5. The molecule has 1 atom stereocenters. The molecule has 0 aliphatic heterocycles. The first-order valence-electron chi connectivity index (χ1n) is 12.9. The number of hydrogen-bond acceptors (Lipinski definition) is 4. The standard InChI is InChI=1S/C31H28Cl2FN3O4S/c1-35-31(39)29(16-22-8-4-2-5-9-22)36(20-23-12-14-26(34)15-13-23)30(38)21-37(27-18-24(32)17-25(33)19-27)42(40,41)28-10-6-3-7-11-28/h2-15,17-19,29H,16,20-21H2,1H3,(H,35,39). The Labute approximate surface area is 254 Å². The van der Waals surface area contributed by atoms with Crippen molar-refractivity contribution >= 4 is 50.7 Å². The van der Waals surface area contributed by atoms with Gasteiger partial charge >= 0.3 is 0 Å². The first-order chi connectivity index (χ1) is 20.1. The minimum Gasteiger partial charge on any atom is -0.357 e. The third-order valence-electron chi connectivity index (χ3n) is 6.53. The van der Waals surface area contributed by atoms with Crippen LogP contribution in [0.4, 0.5) is 10.1 Å². The van der Waals surface area contributed by atoms with Gasteiger partial charge in [-0.15, -0.1) is 0 Å².